The molecule has 0 atom stereocenters. The first-order valence-corrected chi connectivity index (χ1v) is 7.43. The first kappa shape index (κ1) is 16.3. The zero-order valence-electron chi connectivity index (χ0n) is 13.2. The number of anilines is 1. The van der Waals surface area contributed by atoms with Gasteiger partial charge in [-0.1, -0.05) is 0 Å². The number of nitroso groups, excluding NO2 is 1. The van der Waals surface area contributed by atoms with Crippen LogP contribution in [0.25, 0.3) is 11.1 Å². The van der Waals surface area contributed by atoms with Crippen LogP contribution in [0.3, 0.4) is 0 Å². The molecule has 3 rings (SSSR count). The topological polar surface area (TPSA) is 111 Å². The Hall–Kier alpha value is -3.55. The Morgan fingerprint density at radius 3 is 2.68 bits per heavy atom. The van der Waals surface area contributed by atoms with Crippen molar-refractivity contribution in [1.29, 1.82) is 0 Å². The van der Waals surface area contributed by atoms with E-state index in [4.69, 9.17) is 9.15 Å². The molecule has 2 heterocycles. The standard InChI is InChI=1S/C17H13N3O5/c1-2-24-17(22)14-13(12-4-3-9-18-16(12)25-14)19-15(21)10-5-7-11(20-23)8-6-10/h3-9H,2H2,1H3,(H,19,21). The largest absolute Gasteiger partial charge is 0.460 e. The number of esters is 1. The molecule has 0 fully saturated rings. The van der Waals surface area contributed by atoms with Crippen LogP contribution in [0.2, 0.25) is 0 Å². The van der Waals surface area contributed by atoms with E-state index in [0.717, 1.165) is 0 Å². The third-order valence-corrected chi connectivity index (χ3v) is 3.40. The summed E-state index contributed by atoms with van der Waals surface area (Å²) >= 11 is 0. The van der Waals surface area contributed by atoms with Gasteiger partial charge in [0.15, 0.2) is 0 Å². The third-order valence-electron chi connectivity index (χ3n) is 3.40. The summed E-state index contributed by atoms with van der Waals surface area (Å²) in [5, 5.41) is 5.90. The highest BCUT2D eigenvalue weighted by Gasteiger charge is 2.24. The van der Waals surface area contributed by atoms with Gasteiger partial charge in [0.1, 0.15) is 11.4 Å². The summed E-state index contributed by atoms with van der Waals surface area (Å²) in [6.07, 6.45) is 1.51. The molecule has 0 aliphatic heterocycles. The molecule has 2 aromatic heterocycles. The maximum absolute atomic E-state index is 12.5. The molecule has 8 heteroatoms. The molecule has 0 bridgehead atoms. The Bertz CT molecular complexity index is 947. The molecule has 3 aromatic rings. The number of hydrogen-bond donors (Lipinski definition) is 1. The Kier molecular flexibility index (Phi) is 4.51. The summed E-state index contributed by atoms with van der Waals surface area (Å²) in [6.45, 7) is 1.83. The second kappa shape index (κ2) is 6.91. The van der Waals surface area contributed by atoms with Gasteiger partial charge in [-0.15, -0.1) is 4.91 Å². The van der Waals surface area contributed by atoms with Crippen LogP contribution in [-0.2, 0) is 4.74 Å². The number of ether oxygens (including phenoxy) is 1. The van der Waals surface area contributed by atoms with E-state index in [1.807, 2.05) is 0 Å². The van der Waals surface area contributed by atoms with Crippen LogP contribution in [0.1, 0.15) is 27.8 Å². The highest BCUT2D eigenvalue weighted by atomic mass is 16.5. The average molecular weight is 339 g/mol. The van der Waals surface area contributed by atoms with Crippen molar-refractivity contribution < 1.29 is 18.7 Å². The molecular formula is C17H13N3O5. The lowest BCUT2D eigenvalue weighted by molar-refractivity contribution is 0.0494. The lowest BCUT2D eigenvalue weighted by Gasteiger charge is -2.06. The number of amides is 1. The second-order valence-electron chi connectivity index (χ2n) is 4.98. The lowest BCUT2D eigenvalue weighted by atomic mass is 10.2. The fraction of sp³-hybridized carbons (Fsp3) is 0.118. The van der Waals surface area contributed by atoms with Crippen molar-refractivity contribution in [2.75, 3.05) is 11.9 Å². The number of furan rings is 1. The smallest absolute Gasteiger partial charge is 0.376 e. The molecule has 1 aromatic carbocycles. The van der Waals surface area contributed by atoms with Gasteiger partial charge >= 0.3 is 5.97 Å². The zero-order valence-corrected chi connectivity index (χ0v) is 13.2. The molecule has 1 N–H and O–H groups in total. The fourth-order valence-electron chi connectivity index (χ4n) is 2.26. The van der Waals surface area contributed by atoms with Gasteiger partial charge in [-0.3, -0.25) is 4.79 Å². The maximum Gasteiger partial charge on any atom is 0.376 e. The number of fused-ring (bicyclic) bond motifs is 1. The van der Waals surface area contributed by atoms with Crippen LogP contribution in [-0.4, -0.2) is 23.5 Å². The SMILES string of the molecule is CCOC(=O)c1oc2ncccc2c1NC(=O)c1ccc(N=O)cc1. The highest BCUT2D eigenvalue weighted by molar-refractivity contribution is 6.13. The number of nitrogens with one attached hydrogen (secondary N) is 1. The molecule has 0 saturated heterocycles. The normalized spacial score (nSPS) is 10.4. The minimum absolute atomic E-state index is 0.130. The molecule has 0 unspecified atom stereocenters. The van der Waals surface area contributed by atoms with E-state index in [0.29, 0.717) is 10.9 Å². The molecular weight excluding hydrogens is 326 g/mol. The molecule has 0 saturated carbocycles. The van der Waals surface area contributed by atoms with E-state index in [-0.39, 0.29) is 29.5 Å². The van der Waals surface area contributed by atoms with Crippen molar-refractivity contribution in [3.63, 3.8) is 0 Å². The average Bonchev–Trinajstić information content (AvgIpc) is 3.01. The van der Waals surface area contributed by atoms with Gasteiger partial charge in [-0.05, 0) is 48.5 Å². The Morgan fingerprint density at radius 2 is 2.00 bits per heavy atom. The summed E-state index contributed by atoms with van der Waals surface area (Å²) in [6, 6.07) is 9.08. The molecule has 1 amide bonds. The van der Waals surface area contributed by atoms with Gasteiger partial charge in [-0.25, -0.2) is 9.78 Å². The Balaban J connectivity index is 1.98. The van der Waals surface area contributed by atoms with Gasteiger partial charge in [0.05, 0.1) is 12.0 Å². The molecule has 25 heavy (non-hydrogen) atoms. The van der Waals surface area contributed by atoms with Gasteiger partial charge < -0.3 is 14.5 Å². The molecule has 0 spiro atoms. The second-order valence-corrected chi connectivity index (χ2v) is 4.98. The van der Waals surface area contributed by atoms with Gasteiger partial charge in [0.25, 0.3) is 5.91 Å². The summed E-state index contributed by atoms with van der Waals surface area (Å²) < 4.78 is 10.4. The van der Waals surface area contributed by atoms with Gasteiger partial charge in [-0.2, -0.15) is 0 Å². The molecule has 0 aliphatic carbocycles. The Labute approximate surface area is 141 Å². The maximum atomic E-state index is 12.5. The van der Waals surface area contributed by atoms with Crippen molar-refractivity contribution in [2.45, 2.75) is 6.92 Å². The Morgan fingerprint density at radius 1 is 1.24 bits per heavy atom. The quantitative estimate of drug-likeness (QED) is 0.561. The predicted octanol–water partition coefficient (Wildman–Crippen LogP) is 3.65. The summed E-state index contributed by atoms with van der Waals surface area (Å²) in [4.78, 5) is 39.0. The number of pyridine rings is 1. The summed E-state index contributed by atoms with van der Waals surface area (Å²) in [5.41, 5.74) is 0.896. The van der Waals surface area contributed by atoms with Crippen LogP contribution in [0.5, 0.6) is 0 Å². The van der Waals surface area contributed by atoms with Crippen molar-refractivity contribution in [3.8, 4) is 0 Å². The number of benzene rings is 1. The number of nitrogens with zero attached hydrogens (tertiary/aromatic N) is 2. The fourth-order valence-corrected chi connectivity index (χ4v) is 2.26. The molecule has 8 nitrogen and oxygen atoms in total. The van der Waals surface area contributed by atoms with Crippen molar-refractivity contribution >= 4 is 34.4 Å². The van der Waals surface area contributed by atoms with E-state index >= 15 is 0 Å². The van der Waals surface area contributed by atoms with E-state index in [1.54, 1.807) is 19.1 Å². The third kappa shape index (κ3) is 3.23. The van der Waals surface area contributed by atoms with E-state index in [9.17, 15) is 14.5 Å². The van der Waals surface area contributed by atoms with Crippen LogP contribution >= 0.6 is 0 Å². The van der Waals surface area contributed by atoms with Gasteiger partial charge in [0, 0.05) is 11.8 Å². The minimum Gasteiger partial charge on any atom is -0.460 e. The lowest BCUT2D eigenvalue weighted by Crippen LogP contribution is -2.14. The van der Waals surface area contributed by atoms with E-state index in [2.05, 4.69) is 15.5 Å². The number of carbonyl (C=O) groups excluding carboxylic acids is 2. The number of aromatic nitrogens is 1. The van der Waals surface area contributed by atoms with Crippen LogP contribution in [0.15, 0.2) is 52.2 Å². The van der Waals surface area contributed by atoms with Gasteiger partial charge in [0.2, 0.25) is 11.5 Å². The minimum atomic E-state index is -0.698. The highest BCUT2D eigenvalue weighted by Crippen LogP contribution is 2.30. The number of carbonyl (C=O) groups is 2. The zero-order chi connectivity index (χ0) is 17.8. The number of hydrogen-bond acceptors (Lipinski definition) is 7. The van der Waals surface area contributed by atoms with E-state index < -0.39 is 11.9 Å². The monoisotopic (exact) mass is 339 g/mol. The van der Waals surface area contributed by atoms with Crippen molar-refractivity contribution in [3.05, 3.63) is 58.8 Å². The summed E-state index contributed by atoms with van der Waals surface area (Å²) in [7, 11) is 0. The van der Waals surface area contributed by atoms with Crippen LogP contribution < -0.4 is 5.32 Å². The van der Waals surface area contributed by atoms with Crippen molar-refractivity contribution in [1.82, 2.24) is 4.98 Å². The molecule has 0 radical (unpaired) electrons. The van der Waals surface area contributed by atoms with E-state index in [1.165, 1.54) is 30.5 Å². The predicted molar refractivity (Wildman–Crippen MR) is 89.8 cm³/mol. The van der Waals surface area contributed by atoms with Crippen molar-refractivity contribution in [2.24, 2.45) is 5.18 Å². The molecule has 0 aliphatic rings. The molecule has 126 valence electrons. The van der Waals surface area contributed by atoms with Crippen LogP contribution in [0, 0.1) is 4.91 Å². The first-order valence-electron chi connectivity index (χ1n) is 7.43. The summed E-state index contributed by atoms with van der Waals surface area (Å²) in [5.74, 6) is -1.30. The first-order chi connectivity index (χ1) is 12.1. The van der Waals surface area contributed by atoms with Crippen LogP contribution in [0.4, 0.5) is 11.4 Å². The number of rotatable bonds is 5.